The van der Waals surface area contributed by atoms with Gasteiger partial charge in [-0.25, -0.2) is 0 Å². The van der Waals surface area contributed by atoms with Crippen LogP contribution in [-0.4, -0.2) is 5.24 Å². The van der Waals surface area contributed by atoms with Crippen molar-refractivity contribution in [3.05, 3.63) is 59.2 Å². The van der Waals surface area contributed by atoms with E-state index in [-0.39, 0.29) is 0 Å². The van der Waals surface area contributed by atoms with E-state index in [1.807, 2.05) is 43.3 Å². The number of carbonyl (C=O) groups is 1. The van der Waals surface area contributed by atoms with Crippen LogP contribution in [0.5, 0.6) is 0 Å². The SMILES string of the molecule is CCc1ccc(C(=O)Cl)c(-c2ccccc2C)c1. The second-order valence-corrected chi connectivity index (χ2v) is 4.67. The molecule has 0 unspecified atom stereocenters. The Morgan fingerprint density at radius 2 is 1.83 bits per heavy atom. The molecule has 0 amide bonds. The van der Waals surface area contributed by atoms with Crippen molar-refractivity contribution in [2.75, 3.05) is 0 Å². The molecule has 1 nitrogen and oxygen atoms in total. The third kappa shape index (κ3) is 2.46. The summed E-state index contributed by atoms with van der Waals surface area (Å²) in [6.45, 7) is 4.13. The monoisotopic (exact) mass is 258 g/mol. The minimum atomic E-state index is -0.407. The molecule has 2 aromatic carbocycles. The summed E-state index contributed by atoms with van der Waals surface area (Å²) in [4.78, 5) is 11.5. The van der Waals surface area contributed by atoms with E-state index in [0.29, 0.717) is 5.56 Å². The quantitative estimate of drug-likeness (QED) is 0.735. The topological polar surface area (TPSA) is 17.1 Å². The minimum Gasteiger partial charge on any atom is -0.276 e. The number of benzene rings is 2. The Labute approximate surface area is 112 Å². The van der Waals surface area contributed by atoms with Crippen molar-refractivity contribution in [2.45, 2.75) is 20.3 Å². The predicted octanol–water partition coefficient (Wildman–Crippen LogP) is 4.60. The highest BCUT2D eigenvalue weighted by Crippen LogP contribution is 2.29. The van der Waals surface area contributed by atoms with E-state index < -0.39 is 5.24 Å². The Morgan fingerprint density at radius 3 is 2.44 bits per heavy atom. The van der Waals surface area contributed by atoms with Gasteiger partial charge < -0.3 is 0 Å². The summed E-state index contributed by atoms with van der Waals surface area (Å²) in [5, 5.41) is -0.407. The van der Waals surface area contributed by atoms with Crippen molar-refractivity contribution in [3.8, 4) is 11.1 Å². The van der Waals surface area contributed by atoms with Gasteiger partial charge in [0, 0.05) is 5.56 Å². The molecule has 0 spiro atoms. The second-order valence-electron chi connectivity index (χ2n) is 4.32. The lowest BCUT2D eigenvalue weighted by Gasteiger charge is -2.11. The van der Waals surface area contributed by atoms with Crippen molar-refractivity contribution in [1.82, 2.24) is 0 Å². The molecule has 0 radical (unpaired) electrons. The molecule has 18 heavy (non-hydrogen) atoms. The number of hydrogen-bond donors (Lipinski definition) is 0. The standard InChI is InChI=1S/C16H15ClO/c1-3-12-8-9-14(16(17)18)15(10-12)13-7-5-4-6-11(13)2/h4-10H,3H2,1-2H3. The van der Waals surface area contributed by atoms with Gasteiger partial charge in [0.1, 0.15) is 0 Å². The summed E-state index contributed by atoms with van der Waals surface area (Å²) in [5.41, 5.74) is 4.91. The summed E-state index contributed by atoms with van der Waals surface area (Å²) in [5.74, 6) is 0. The van der Waals surface area contributed by atoms with E-state index in [4.69, 9.17) is 11.6 Å². The van der Waals surface area contributed by atoms with Crippen molar-refractivity contribution in [1.29, 1.82) is 0 Å². The molecule has 0 aromatic heterocycles. The third-order valence-electron chi connectivity index (χ3n) is 3.14. The molecule has 0 N–H and O–H groups in total. The first kappa shape index (κ1) is 12.8. The van der Waals surface area contributed by atoms with Crippen LogP contribution in [0.2, 0.25) is 0 Å². The van der Waals surface area contributed by atoms with Gasteiger partial charge in [0.2, 0.25) is 0 Å². The molecule has 0 aliphatic rings. The van der Waals surface area contributed by atoms with Gasteiger partial charge in [-0.3, -0.25) is 4.79 Å². The average Bonchev–Trinajstić information content (AvgIpc) is 2.38. The van der Waals surface area contributed by atoms with E-state index in [2.05, 4.69) is 13.0 Å². The Bertz CT molecular complexity index is 587. The van der Waals surface area contributed by atoms with Crippen LogP contribution in [0.1, 0.15) is 28.4 Å². The van der Waals surface area contributed by atoms with Crippen molar-refractivity contribution >= 4 is 16.8 Å². The van der Waals surface area contributed by atoms with Gasteiger partial charge in [-0.2, -0.15) is 0 Å². The second kappa shape index (κ2) is 5.36. The van der Waals surface area contributed by atoms with Gasteiger partial charge in [0.25, 0.3) is 5.24 Å². The van der Waals surface area contributed by atoms with E-state index >= 15 is 0 Å². The van der Waals surface area contributed by atoms with Crippen LogP contribution in [-0.2, 0) is 6.42 Å². The molecule has 0 aliphatic heterocycles. The normalized spacial score (nSPS) is 10.4. The van der Waals surface area contributed by atoms with Gasteiger partial charge in [0.15, 0.2) is 0 Å². The Morgan fingerprint density at radius 1 is 1.11 bits per heavy atom. The summed E-state index contributed by atoms with van der Waals surface area (Å²) >= 11 is 5.67. The zero-order chi connectivity index (χ0) is 13.1. The maximum absolute atomic E-state index is 11.5. The first-order valence-corrected chi connectivity index (χ1v) is 6.40. The molecule has 0 atom stereocenters. The van der Waals surface area contributed by atoms with Crippen LogP contribution in [0.4, 0.5) is 0 Å². The number of aryl methyl sites for hydroxylation is 2. The predicted molar refractivity (Wildman–Crippen MR) is 76.2 cm³/mol. The zero-order valence-electron chi connectivity index (χ0n) is 10.5. The summed E-state index contributed by atoms with van der Waals surface area (Å²) in [7, 11) is 0. The summed E-state index contributed by atoms with van der Waals surface area (Å²) in [6, 6.07) is 13.9. The molecule has 2 aromatic rings. The average molecular weight is 259 g/mol. The van der Waals surface area contributed by atoms with E-state index in [9.17, 15) is 4.79 Å². The molecule has 92 valence electrons. The lowest BCUT2D eigenvalue weighted by atomic mass is 9.94. The van der Waals surface area contributed by atoms with Gasteiger partial charge in [-0.15, -0.1) is 0 Å². The maximum atomic E-state index is 11.5. The fourth-order valence-electron chi connectivity index (χ4n) is 2.08. The molecular weight excluding hydrogens is 244 g/mol. The number of rotatable bonds is 3. The first-order valence-electron chi connectivity index (χ1n) is 6.02. The van der Waals surface area contributed by atoms with Gasteiger partial charge >= 0.3 is 0 Å². The molecule has 2 rings (SSSR count). The molecule has 0 saturated carbocycles. The smallest absolute Gasteiger partial charge is 0.253 e. The van der Waals surface area contributed by atoms with Crippen molar-refractivity contribution in [3.63, 3.8) is 0 Å². The Hall–Kier alpha value is -1.60. The molecule has 0 aliphatic carbocycles. The first-order chi connectivity index (χ1) is 8.63. The molecule has 0 fully saturated rings. The minimum absolute atomic E-state index is 0.407. The molecule has 0 bridgehead atoms. The lowest BCUT2D eigenvalue weighted by molar-refractivity contribution is 0.108. The molecule has 0 saturated heterocycles. The van der Waals surface area contributed by atoms with Crippen LogP contribution in [0.15, 0.2) is 42.5 Å². The lowest BCUT2D eigenvalue weighted by Crippen LogP contribution is -1.96. The van der Waals surface area contributed by atoms with Crippen LogP contribution in [0, 0.1) is 6.92 Å². The van der Waals surface area contributed by atoms with E-state index in [0.717, 1.165) is 23.1 Å². The van der Waals surface area contributed by atoms with Crippen molar-refractivity contribution < 1.29 is 4.79 Å². The van der Waals surface area contributed by atoms with Gasteiger partial charge in [-0.1, -0.05) is 43.3 Å². The largest absolute Gasteiger partial charge is 0.276 e. The number of carbonyl (C=O) groups excluding carboxylic acids is 1. The van der Waals surface area contributed by atoms with Crippen LogP contribution in [0.25, 0.3) is 11.1 Å². The number of hydrogen-bond acceptors (Lipinski definition) is 1. The molecule has 0 heterocycles. The van der Waals surface area contributed by atoms with Gasteiger partial charge in [-0.05, 0) is 53.3 Å². The third-order valence-corrected chi connectivity index (χ3v) is 3.34. The maximum Gasteiger partial charge on any atom is 0.253 e. The number of halogens is 1. The van der Waals surface area contributed by atoms with Crippen LogP contribution < -0.4 is 0 Å². The fourth-order valence-corrected chi connectivity index (χ4v) is 2.25. The Kier molecular flexibility index (Phi) is 3.83. The van der Waals surface area contributed by atoms with Crippen LogP contribution in [0.3, 0.4) is 0 Å². The highest BCUT2D eigenvalue weighted by molar-refractivity contribution is 6.68. The zero-order valence-corrected chi connectivity index (χ0v) is 11.3. The summed E-state index contributed by atoms with van der Waals surface area (Å²) in [6.07, 6.45) is 0.940. The summed E-state index contributed by atoms with van der Waals surface area (Å²) < 4.78 is 0. The Balaban J connectivity index is 2.68. The molecular formula is C16H15ClO. The van der Waals surface area contributed by atoms with Crippen molar-refractivity contribution in [2.24, 2.45) is 0 Å². The van der Waals surface area contributed by atoms with Crippen LogP contribution >= 0.6 is 11.6 Å². The highest BCUT2D eigenvalue weighted by atomic mass is 35.5. The van der Waals surface area contributed by atoms with E-state index in [1.54, 1.807) is 0 Å². The van der Waals surface area contributed by atoms with E-state index in [1.165, 1.54) is 5.56 Å². The fraction of sp³-hybridized carbons (Fsp3) is 0.188. The highest BCUT2D eigenvalue weighted by Gasteiger charge is 2.12. The van der Waals surface area contributed by atoms with Gasteiger partial charge in [0.05, 0.1) is 0 Å². The molecule has 2 heteroatoms.